The number of carbonyl (C=O) groups is 1. The molecular weight excluding hydrogens is 386 g/mol. The highest BCUT2D eigenvalue weighted by Crippen LogP contribution is 2.20. The summed E-state index contributed by atoms with van der Waals surface area (Å²) >= 11 is 0. The fraction of sp³-hybridized carbons (Fsp3) is 0.227. The predicted molar refractivity (Wildman–Crippen MR) is 118 cm³/mol. The van der Waals surface area contributed by atoms with Crippen LogP contribution >= 0.6 is 0 Å². The molecule has 7 heteroatoms. The second-order valence-electron chi connectivity index (χ2n) is 6.58. The molecule has 0 radical (unpaired) electrons. The molecule has 2 N–H and O–H groups in total. The molecule has 0 atom stereocenters. The number of hydrogen-bond donors (Lipinski definition) is 2. The van der Waals surface area contributed by atoms with Gasteiger partial charge in [0, 0.05) is 24.5 Å². The largest absolute Gasteiger partial charge is 0.376 e. The maximum Gasteiger partial charge on any atom is 0.243 e. The molecule has 0 aliphatic rings. The van der Waals surface area contributed by atoms with Crippen LogP contribution in [-0.2, 0) is 14.8 Å². The summed E-state index contributed by atoms with van der Waals surface area (Å²) < 4.78 is 26.7. The molecule has 0 heterocycles. The topological polar surface area (TPSA) is 78.5 Å². The average Bonchev–Trinajstić information content (AvgIpc) is 2.73. The van der Waals surface area contributed by atoms with Crippen molar-refractivity contribution >= 4 is 38.1 Å². The highest BCUT2D eigenvalue weighted by Gasteiger charge is 2.21. The number of anilines is 2. The van der Waals surface area contributed by atoms with E-state index in [1.165, 1.54) is 4.31 Å². The smallest absolute Gasteiger partial charge is 0.243 e. The van der Waals surface area contributed by atoms with Gasteiger partial charge in [0.05, 0.1) is 11.4 Å². The minimum absolute atomic E-state index is 0.0294. The van der Waals surface area contributed by atoms with Crippen LogP contribution in [0.25, 0.3) is 10.8 Å². The Hall–Kier alpha value is -2.90. The molecule has 0 aliphatic carbocycles. The Labute approximate surface area is 171 Å². The van der Waals surface area contributed by atoms with E-state index in [4.69, 9.17) is 0 Å². The van der Waals surface area contributed by atoms with Gasteiger partial charge in [-0.05, 0) is 41.1 Å². The van der Waals surface area contributed by atoms with Gasteiger partial charge in [0.2, 0.25) is 15.9 Å². The van der Waals surface area contributed by atoms with E-state index in [0.717, 1.165) is 10.8 Å². The molecule has 3 aromatic carbocycles. The lowest BCUT2D eigenvalue weighted by Gasteiger charge is -2.19. The summed E-state index contributed by atoms with van der Waals surface area (Å²) in [7, 11) is -3.54. The van der Waals surface area contributed by atoms with Crippen LogP contribution in [0.15, 0.2) is 71.6 Å². The number of sulfonamides is 1. The van der Waals surface area contributed by atoms with Crippen LogP contribution in [0.4, 0.5) is 11.4 Å². The van der Waals surface area contributed by atoms with Crippen LogP contribution < -0.4 is 10.6 Å². The third kappa shape index (κ3) is 4.93. The first-order valence-corrected chi connectivity index (χ1v) is 11.0. The first kappa shape index (κ1) is 20.8. The van der Waals surface area contributed by atoms with Gasteiger partial charge in [-0.25, -0.2) is 8.42 Å². The van der Waals surface area contributed by atoms with Crippen LogP contribution in [0.3, 0.4) is 0 Å². The quantitative estimate of drug-likeness (QED) is 0.589. The van der Waals surface area contributed by atoms with Gasteiger partial charge in [0.15, 0.2) is 0 Å². The zero-order valence-corrected chi connectivity index (χ0v) is 17.4. The number of nitrogens with one attached hydrogen (secondary N) is 2. The summed E-state index contributed by atoms with van der Waals surface area (Å²) in [6.45, 7) is 4.46. The maximum absolute atomic E-state index is 12.7. The highest BCUT2D eigenvalue weighted by atomic mass is 32.2. The maximum atomic E-state index is 12.7. The van der Waals surface area contributed by atoms with Crippen molar-refractivity contribution in [2.75, 3.05) is 30.3 Å². The molecule has 0 bridgehead atoms. The Morgan fingerprint density at radius 2 is 1.59 bits per heavy atom. The lowest BCUT2D eigenvalue weighted by Crippen LogP contribution is -2.30. The highest BCUT2D eigenvalue weighted by molar-refractivity contribution is 7.89. The first-order chi connectivity index (χ1) is 13.9. The molecule has 0 saturated heterocycles. The van der Waals surface area contributed by atoms with Gasteiger partial charge in [0.1, 0.15) is 0 Å². The van der Waals surface area contributed by atoms with E-state index in [-0.39, 0.29) is 17.3 Å². The molecular formula is C22H25N3O3S. The molecule has 0 aromatic heterocycles. The van der Waals surface area contributed by atoms with E-state index in [0.29, 0.717) is 24.5 Å². The molecule has 0 spiro atoms. The second-order valence-corrected chi connectivity index (χ2v) is 8.52. The van der Waals surface area contributed by atoms with Gasteiger partial charge < -0.3 is 10.6 Å². The molecule has 3 rings (SSSR count). The molecule has 0 unspecified atom stereocenters. The number of carbonyl (C=O) groups excluding carboxylic acids is 1. The zero-order valence-electron chi connectivity index (χ0n) is 16.6. The number of nitrogens with zero attached hydrogens (tertiary/aromatic N) is 1. The molecule has 3 aromatic rings. The molecule has 152 valence electrons. The summed E-state index contributed by atoms with van der Waals surface area (Å²) in [6, 6.07) is 20.2. The van der Waals surface area contributed by atoms with Crippen molar-refractivity contribution in [1.82, 2.24) is 4.31 Å². The Kier molecular flexibility index (Phi) is 6.51. The summed E-state index contributed by atoms with van der Waals surface area (Å²) in [6.07, 6.45) is 0. The summed E-state index contributed by atoms with van der Waals surface area (Å²) in [5, 5.41) is 8.01. The second kappa shape index (κ2) is 9.07. The predicted octanol–water partition coefficient (Wildman–Crippen LogP) is 3.92. The fourth-order valence-corrected chi connectivity index (χ4v) is 4.64. The van der Waals surface area contributed by atoms with Gasteiger partial charge in [0.25, 0.3) is 0 Å². The van der Waals surface area contributed by atoms with Crippen molar-refractivity contribution in [1.29, 1.82) is 0 Å². The molecule has 0 saturated carbocycles. The van der Waals surface area contributed by atoms with Crippen molar-refractivity contribution in [3.63, 3.8) is 0 Å². The van der Waals surface area contributed by atoms with Crippen molar-refractivity contribution < 1.29 is 13.2 Å². The number of hydrogen-bond acceptors (Lipinski definition) is 4. The van der Waals surface area contributed by atoms with Gasteiger partial charge >= 0.3 is 0 Å². The van der Waals surface area contributed by atoms with Crippen molar-refractivity contribution in [3.05, 3.63) is 66.7 Å². The standard InChI is InChI=1S/C22H25N3O3S/c1-3-25(4-2)29(27,28)21-11-7-10-19(15-21)23-16-22(26)24-20-13-12-17-8-5-6-9-18(17)14-20/h5-15,23H,3-4,16H2,1-2H3,(H,24,26). The zero-order chi connectivity index (χ0) is 20.9. The van der Waals surface area contributed by atoms with E-state index in [1.807, 2.05) is 42.5 Å². The Morgan fingerprint density at radius 3 is 2.31 bits per heavy atom. The van der Waals surface area contributed by atoms with Gasteiger partial charge in [-0.2, -0.15) is 4.31 Å². The average molecular weight is 412 g/mol. The summed E-state index contributed by atoms with van der Waals surface area (Å²) in [5.41, 5.74) is 1.29. The minimum atomic E-state index is -3.54. The lowest BCUT2D eigenvalue weighted by molar-refractivity contribution is -0.114. The minimum Gasteiger partial charge on any atom is -0.376 e. The monoisotopic (exact) mass is 411 g/mol. The number of benzene rings is 3. The third-order valence-electron chi connectivity index (χ3n) is 4.66. The lowest BCUT2D eigenvalue weighted by atomic mass is 10.1. The Morgan fingerprint density at radius 1 is 0.862 bits per heavy atom. The van der Waals surface area contributed by atoms with E-state index >= 15 is 0 Å². The molecule has 1 amide bonds. The normalized spacial score (nSPS) is 11.6. The van der Waals surface area contributed by atoms with Crippen LogP contribution in [0.1, 0.15) is 13.8 Å². The van der Waals surface area contributed by atoms with E-state index in [1.54, 1.807) is 38.1 Å². The van der Waals surface area contributed by atoms with Crippen molar-refractivity contribution in [2.45, 2.75) is 18.7 Å². The molecule has 6 nitrogen and oxygen atoms in total. The third-order valence-corrected chi connectivity index (χ3v) is 6.71. The van der Waals surface area contributed by atoms with Crippen LogP contribution in [0.2, 0.25) is 0 Å². The number of amides is 1. The van der Waals surface area contributed by atoms with Crippen molar-refractivity contribution in [2.24, 2.45) is 0 Å². The molecule has 29 heavy (non-hydrogen) atoms. The van der Waals surface area contributed by atoms with Crippen LogP contribution in [0, 0.1) is 0 Å². The Bertz CT molecular complexity index is 1110. The van der Waals surface area contributed by atoms with Crippen molar-refractivity contribution in [3.8, 4) is 0 Å². The fourth-order valence-electron chi connectivity index (χ4n) is 3.13. The van der Waals surface area contributed by atoms with E-state index in [9.17, 15) is 13.2 Å². The molecule has 0 fully saturated rings. The van der Waals surface area contributed by atoms with Gasteiger partial charge in [-0.1, -0.05) is 50.2 Å². The van der Waals surface area contributed by atoms with Gasteiger partial charge in [-0.3, -0.25) is 4.79 Å². The first-order valence-electron chi connectivity index (χ1n) is 9.56. The SMILES string of the molecule is CCN(CC)S(=O)(=O)c1cccc(NCC(=O)Nc2ccc3ccccc3c2)c1. The van der Waals surface area contributed by atoms with Crippen LogP contribution in [0.5, 0.6) is 0 Å². The summed E-state index contributed by atoms with van der Waals surface area (Å²) in [5.74, 6) is -0.211. The number of fused-ring (bicyclic) bond motifs is 1. The van der Waals surface area contributed by atoms with Crippen LogP contribution in [-0.4, -0.2) is 38.3 Å². The van der Waals surface area contributed by atoms with E-state index < -0.39 is 10.0 Å². The summed E-state index contributed by atoms with van der Waals surface area (Å²) in [4.78, 5) is 12.5. The van der Waals surface area contributed by atoms with E-state index in [2.05, 4.69) is 10.6 Å². The van der Waals surface area contributed by atoms with Gasteiger partial charge in [-0.15, -0.1) is 0 Å². The molecule has 0 aliphatic heterocycles. The Balaban J connectivity index is 1.65. The number of rotatable bonds is 8.